The number of imidazole rings is 1. The van der Waals surface area contributed by atoms with Crippen LogP contribution in [0.15, 0.2) is 59.7 Å². The van der Waals surface area contributed by atoms with E-state index in [9.17, 15) is 4.79 Å². The van der Waals surface area contributed by atoms with Crippen LogP contribution in [0.4, 0.5) is 0 Å². The van der Waals surface area contributed by atoms with Crippen LogP contribution in [-0.4, -0.2) is 31.9 Å². The van der Waals surface area contributed by atoms with E-state index in [0.29, 0.717) is 0 Å². The maximum Gasteiger partial charge on any atom is 0.246 e. The zero-order valence-electron chi connectivity index (χ0n) is 21.0. The molecule has 4 aromatic rings. The van der Waals surface area contributed by atoms with Crippen molar-refractivity contribution < 1.29 is 4.79 Å². The molecule has 0 spiro atoms. The molecule has 2 atom stereocenters. The van der Waals surface area contributed by atoms with Crippen LogP contribution in [0, 0.1) is 24.7 Å². The summed E-state index contributed by atoms with van der Waals surface area (Å²) >= 11 is 0. The van der Waals surface area contributed by atoms with Crippen LogP contribution in [0.3, 0.4) is 0 Å². The molecular weight excluding hydrogens is 436 g/mol. The van der Waals surface area contributed by atoms with Gasteiger partial charge >= 0.3 is 0 Å². The second kappa shape index (κ2) is 8.48. The average molecular weight is 469 g/mol. The normalized spacial score (nSPS) is 21.7. The number of amides is 1. The number of hydrazone groups is 1. The number of nitrogens with one attached hydrogen (secondary N) is 2. The Balaban J connectivity index is 1.34. The van der Waals surface area contributed by atoms with Gasteiger partial charge in [-0.1, -0.05) is 51.1 Å². The van der Waals surface area contributed by atoms with E-state index in [1.54, 1.807) is 6.21 Å². The number of aromatic amines is 1. The Bertz CT molecular complexity index is 1380. The second-order valence-corrected chi connectivity index (χ2v) is 10.3. The predicted molar refractivity (Wildman–Crippen MR) is 139 cm³/mol. The Labute approximate surface area is 205 Å². The molecule has 35 heavy (non-hydrogen) atoms. The lowest BCUT2D eigenvalue weighted by Gasteiger charge is -2.39. The van der Waals surface area contributed by atoms with Crippen molar-refractivity contribution in [2.45, 2.75) is 53.4 Å². The van der Waals surface area contributed by atoms with Gasteiger partial charge in [0.05, 0.1) is 39.7 Å². The van der Waals surface area contributed by atoms with Gasteiger partial charge in [0, 0.05) is 11.5 Å². The van der Waals surface area contributed by atoms with Gasteiger partial charge in [0.1, 0.15) is 5.82 Å². The van der Waals surface area contributed by atoms with Crippen LogP contribution >= 0.6 is 0 Å². The van der Waals surface area contributed by atoms with E-state index >= 15 is 0 Å². The summed E-state index contributed by atoms with van der Waals surface area (Å²) in [5.41, 5.74) is 7.69. The molecule has 7 nitrogen and oxygen atoms in total. The minimum atomic E-state index is -0.577. The molecule has 0 saturated heterocycles. The van der Waals surface area contributed by atoms with Crippen LogP contribution in [0.1, 0.15) is 62.3 Å². The lowest BCUT2D eigenvalue weighted by Crippen LogP contribution is -2.45. The Morgan fingerprint density at radius 2 is 1.83 bits per heavy atom. The third kappa shape index (κ3) is 3.75. The summed E-state index contributed by atoms with van der Waals surface area (Å²) in [4.78, 5) is 21.8. The summed E-state index contributed by atoms with van der Waals surface area (Å²) in [6, 6.07) is 18.1. The number of aryl methyl sites for hydroxylation is 1. The maximum absolute atomic E-state index is 13.4. The molecule has 0 bridgehead atoms. The van der Waals surface area contributed by atoms with Gasteiger partial charge in [0.25, 0.3) is 0 Å². The maximum atomic E-state index is 13.4. The number of aromatic nitrogens is 4. The van der Waals surface area contributed by atoms with E-state index in [-0.39, 0.29) is 17.2 Å². The van der Waals surface area contributed by atoms with E-state index < -0.39 is 5.41 Å². The van der Waals surface area contributed by atoms with Gasteiger partial charge in [-0.15, -0.1) is 0 Å². The number of hydrogen-bond donors (Lipinski definition) is 2. The number of benzene rings is 2. The molecule has 1 aliphatic rings. The molecule has 1 fully saturated rings. The number of carbonyl (C=O) groups excluding carboxylic acids is 1. The molecule has 180 valence electrons. The van der Waals surface area contributed by atoms with Gasteiger partial charge < -0.3 is 4.98 Å². The van der Waals surface area contributed by atoms with Gasteiger partial charge in [-0.25, -0.2) is 15.1 Å². The topological polar surface area (TPSA) is 88.0 Å². The van der Waals surface area contributed by atoms with Crippen LogP contribution in [0.25, 0.3) is 16.7 Å². The highest BCUT2D eigenvalue weighted by Crippen LogP contribution is 2.59. The zero-order valence-corrected chi connectivity index (χ0v) is 21.0. The summed E-state index contributed by atoms with van der Waals surface area (Å²) in [5.74, 6) is 1.04. The van der Waals surface area contributed by atoms with Crippen LogP contribution in [-0.2, 0) is 4.79 Å². The monoisotopic (exact) mass is 468 g/mol. The van der Waals surface area contributed by atoms with Gasteiger partial charge in [-0.2, -0.15) is 10.2 Å². The van der Waals surface area contributed by atoms with Crippen LogP contribution < -0.4 is 5.43 Å². The van der Waals surface area contributed by atoms with Gasteiger partial charge in [-0.3, -0.25) is 4.79 Å². The van der Waals surface area contributed by atoms with Crippen molar-refractivity contribution in [1.29, 1.82) is 0 Å². The van der Waals surface area contributed by atoms with Crippen molar-refractivity contribution in [2.24, 2.45) is 15.9 Å². The van der Waals surface area contributed by atoms with Crippen molar-refractivity contribution in [3.63, 3.8) is 0 Å². The predicted octanol–water partition coefficient (Wildman–Crippen LogP) is 5.43. The highest BCUT2D eigenvalue weighted by atomic mass is 16.2. The summed E-state index contributed by atoms with van der Waals surface area (Å²) in [6.07, 6.45) is 3.37. The summed E-state index contributed by atoms with van der Waals surface area (Å²) in [7, 11) is 0. The minimum Gasteiger partial charge on any atom is -0.342 e. The first-order valence-corrected chi connectivity index (χ1v) is 12.1. The third-order valence-corrected chi connectivity index (χ3v) is 8.17. The molecule has 1 aliphatic carbocycles. The SMILES string of the molecule is Cc1nn(-c2ccccc2)c(C)c1/C=N\NC(=O)[C@@]1(C)CC[C@@H](c2nc3ccccc3[nH]2)C1(C)C. The highest BCUT2D eigenvalue weighted by molar-refractivity contribution is 5.87. The smallest absolute Gasteiger partial charge is 0.246 e. The van der Waals surface area contributed by atoms with Crippen molar-refractivity contribution in [1.82, 2.24) is 25.2 Å². The van der Waals surface area contributed by atoms with E-state index in [1.807, 2.05) is 80.1 Å². The first kappa shape index (κ1) is 23.0. The molecule has 0 unspecified atom stereocenters. The lowest BCUT2D eigenvalue weighted by atomic mass is 9.65. The van der Waals surface area contributed by atoms with E-state index in [2.05, 4.69) is 34.5 Å². The Kier molecular flexibility index (Phi) is 5.58. The fraction of sp³-hybridized carbons (Fsp3) is 0.357. The largest absolute Gasteiger partial charge is 0.342 e. The number of fused-ring (bicyclic) bond motifs is 1. The number of H-pyrrole nitrogens is 1. The fourth-order valence-corrected chi connectivity index (χ4v) is 5.46. The molecule has 7 heteroatoms. The number of para-hydroxylation sites is 3. The standard InChI is InChI=1S/C28H32N6O/c1-18-21(19(2)34(33-18)20-11-7-6-8-12-20)17-29-32-26(35)28(5)16-15-22(27(28,3)4)25-30-23-13-9-10-14-24(23)31-25/h6-14,17,22H,15-16H2,1-5H3,(H,30,31)(H,32,35)/b29-17-/t22-,28+/m0/s1. The molecule has 1 saturated carbocycles. The van der Waals surface area contributed by atoms with Crippen LogP contribution in [0.2, 0.25) is 0 Å². The Morgan fingerprint density at radius 3 is 2.57 bits per heavy atom. The van der Waals surface area contributed by atoms with E-state index in [1.165, 1.54) is 0 Å². The summed E-state index contributed by atoms with van der Waals surface area (Å²) in [6.45, 7) is 10.3. The molecule has 0 radical (unpaired) electrons. The van der Waals surface area contributed by atoms with Crippen molar-refractivity contribution in [3.05, 3.63) is 77.4 Å². The summed E-state index contributed by atoms with van der Waals surface area (Å²) in [5, 5.41) is 9.01. The van der Waals surface area contributed by atoms with Crippen molar-refractivity contribution >= 4 is 23.2 Å². The lowest BCUT2D eigenvalue weighted by molar-refractivity contribution is -0.135. The first-order chi connectivity index (χ1) is 16.7. The number of nitrogens with zero attached hydrogens (tertiary/aromatic N) is 4. The van der Waals surface area contributed by atoms with E-state index in [4.69, 9.17) is 4.98 Å². The van der Waals surface area contributed by atoms with Crippen molar-refractivity contribution in [3.8, 4) is 5.69 Å². The Hall–Kier alpha value is -3.74. The molecule has 2 aromatic heterocycles. The number of carbonyl (C=O) groups is 1. The molecule has 2 aromatic carbocycles. The minimum absolute atomic E-state index is 0.0666. The molecule has 5 rings (SSSR count). The Morgan fingerprint density at radius 1 is 1.11 bits per heavy atom. The van der Waals surface area contributed by atoms with Gasteiger partial charge in [0.2, 0.25) is 5.91 Å². The molecule has 2 N–H and O–H groups in total. The molecule has 0 aliphatic heterocycles. The number of hydrogen-bond acceptors (Lipinski definition) is 4. The fourth-order valence-electron chi connectivity index (χ4n) is 5.46. The second-order valence-electron chi connectivity index (χ2n) is 10.3. The molecule has 1 amide bonds. The summed E-state index contributed by atoms with van der Waals surface area (Å²) < 4.78 is 1.90. The van der Waals surface area contributed by atoms with Gasteiger partial charge in [-0.05, 0) is 56.4 Å². The quantitative estimate of drug-likeness (QED) is 0.303. The third-order valence-electron chi connectivity index (χ3n) is 8.17. The molecular formula is C28H32N6O. The highest BCUT2D eigenvalue weighted by Gasteiger charge is 2.57. The van der Waals surface area contributed by atoms with Gasteiger partial charge in [0.15, 0.2) is 0 Å². The van der Waals surface area contributed by atoms with Crippen molar-refractivity contribution in [2.75, 3.05) is 0 Å². The van der Waals surface area contributed by atoms with Crippen LogP contribution in [0.5, 0.6) is 0 Å². The average Bonchev–Trinajstić information content (AvgIpc) is 3.47. The first-order valence-electron chi connectivity index (χ1n) is 12.1. The zero-order chi connectivity index (χ0) is 24.8. The number of rotatable bonds is 5. The van der Waals surface area contributed by atoms with E-state index in [0.717, 1.165) is 52.3 Å². The molecule has 2 heterocycles.